The van der Waals surface area contributed by atoms with E-state index in [2.05, 4.69) is 30.1 Å². The highest BCUT2D eigenvalue weighted by atomic mass is 16.5. The summed E-state index contributed by atoms with van der Waals surface area (Å²) in [5.41, 5.74) is 1.21. The van der Waals surface area contributed by atoms with E-state index < -0.39 is 0 Å². The van der Waals surface area contributed by atoms with Crippen LogP contribution in [0.4, 0.5) is 0 Å². The molecule has 0 saturated carbocycles. The maximum absolute atomic E-state index is 12.8. The maximum atomic E-state index is 12.8. The van der Waals surface area contributed by atoms with Crippen molar-refractivity contribution in [2.75, 3.05) is 19.7 Å². The third kappa shape index (κ3) is 2.52. The average molecular weight is 328 g/mol. The van der Waals surface area contributed by atoms with Gasteiger partial charge in [0.1, 0.15) is 5.75 Å². The first-order valence-electron chi connectivity index (χ1n) is 9.44. The van der Waals surface area contributed by atoms with E-state index in [1.54, 1.807) is 0 Å². The number of carbonyl (C=O) groups is 1. The molecule has 24 heavy (non-hydrogen) atoms. The molecule has 3 fully saturated rings. The second kappa shape index (κ2) is 6.40. The minimum Gasteiger partial charge on any atom is -0.483 e. The van der Waals surface area contributed by atoms with Crippen LogP contribution in [0.2, 0.25) is 0 Å². The lowest BCUT2D eigenvalue weighted by atomic mass is 9.82. The van der Waals surface area contributed by atoms with E-state index in [4.69, 9.17) is 4.74 Å². The predicted octanol–water partition coefficient (Wildman–Crippen LogP) is 2.79. The highest BCUT2D eigenvalue weighted by Gasteiger charge is 2.56. The van der Waals surface area contributed by atoms with Crippen molar-refractivity contribution in [2.24, 2.45) is 11.8 Å². The maximum Gasteiger partial charge on any atom is 0.261 e. The molecule has 3 heterocycles. The van der Waals surface area contributed by atoms with Crippen molar-refractivity contribution in [3.05, 3.63) is 29.8 Å². The van der Waals surface area contributed by atoms with Gasteiger partial charge in [0.25, 0.3) is 5.91 Å². The van der Waals surface area contributed by atoms with Crippen LogP contribution in [-0.2, 0) is 4.79 Å². The van der Waals surface area contributed by atoms with Crippen molar-refractivity contribution >= 4 is 5.91 Å². The second-order valence-corrected chi connectivity index (χ2v) is 7.63. The highest BCUT2D eigenvalue weighted by molar-refractivity contribution is 5.79. The molecule has 130 valence electrons. The van der Waals surface area contributed by atoms with Crippen molar-refractivity contribution < 1.29 is 9.53 Å². The number of ether oxygens (including phenoxy) is 1. The van der Waals surface area contributed by atoms with Crippen LogP contribution in [0, 0.1) is 11.8 Å². The van der Waals surface area contributed by atoms with E-state index in [-0.39, 0.29) is 12.5 Å². The largest absolute Gasteiger partial charge is 0.483 e. The predicted molar refractivity (Wildman–Crippen MR) is 94.1 cm³/mol. The smallest absolute Gasteiger partial charge is 0.261 e. The Morgan fingerprint density at radius 1 is 1.25 bits per heavy atom. The Morgan fingerprint density at radius 2 is 1.92 bits per heavy atom. The molecule has 0 spiro atoms. The first-order chi connectivity index (χ1) is 11.7. The van der Waals surface area contributed by atoms with Gasteiger partial charge >= 0.3 is 0 Å². The van der Waals surface area contributed by atoms with E-state index in [1.165, 1.54) is 18.4 Å². The third-order valence-electron chi connectivity index (χ3n) is 6.47. The lowest BCUT2D eigenvalue weighted by Crippen LogP contribution is -2.41. The number of nitrogens with one attached hydrogen (secondary N) is 1. The summed E-state index contributed by atoms with van der Waals surface area (Å²) in [7, 11) is 0. The Kier molecular flexibility index (Phi) is 4.25. The monoisotopic (exact) mass is 328 g/mol. The molecule has 1 unspecified atom stereocenters. The van der Waals surface area contributed by atoms with Gasteiger partial charge in [0.05, 0.1) is 0 Å². The summed E-state index contributed by atoms with van der Waals surface area (Å²) >= 11 is 0. The lowest BCUT2D eigenvalue weighted by Gasteiger charge is -2.25. The van der Waals surface area contributed by atoms with E-state index >= 15 is 0 Å². The molecular weight excluding hydrogens is 300 g/mol. The summed E-state index contributed by atoms with van der Waals surface area (Å²) in [5, 5.41) is 3.50. The second-order valence-electron chi connectivity index (χ2n) is 7.63. The molecule has 4 rings (SSSR count). The van der Waals surface area contributed by atoms with Crippen molar-refractivity contribution in [1.29, 1.82) is 0 Å². The van der Waals surface area contributed by atoms with Crippen LogP contribution in [0.25, 0.3) is 0 Å². The minimum atomic E-state index is 0.174. The van der Waals surface area contributed by atoms with Gasteiger partial charge in [-0.1, -0.05) is 32.0 Å². The van der Waals surface area contributed by atoms with Gasteiger partial charge in [-0.25, -0.2) is 0 Å². The van der Waals surface area contributed by atoms with Gasteiger partial charge in [-0.3, -0.25) is 4.79 Å². The van der Waals surface area contributed by atoms with Crippen LogP contribution in [0.5, 0.6) is 5.75 Å². The fourth-order valence-corrected chi connectivity index (χ4v) is 5.09. The molecule has 0 radical (unpaired) electrons. The average Bonchev–Trinajstić information content (AvgIpc) is 3.31. The zero-order valence-corrected chi connectivity index (χ0v) is 14.7. The van der Waals surface area contributed by atoms with Crippen LogP contribution in [0.1, 0.15) is 44.6 Å². The quantitative estimate of drug-likeness (QED) is 0.904. The van der Waals surface area contributed by atoms with Gasteiger partial charge in [-0.15, -0.1) is 0 Å². The fraction of sp³-hybridized carbons (Fsp3) is 0.650. The van der Waals surface area contributed by atoms with Crippen LogP contribution in [0.3, 0.4) is 0 Å². The first kappa shape index (κ1) is 15.9. The molecule has 0 aliphatic carbocycles. The van der Waals surface area contributed by atoms with E-state index in [9.17, 15) is 4.79 Å². The van der Waals surface area contributed by atoms with Crippen molar-refractivity contribution in [3.63, 3.8) is 0 Å². The number of nitrogens with zero attached hydrogens (tertiary/aromatic N) is 1. The number of para-hydroxylation sites is 1. The van der Waals surface area contributed by atoms with Gasteiger partial charge in [-0.2, -0.15) is 0 Å². The molecule has 2 bridgehead atoms. The fourth-order valence-electron chi connectivity index (χ4n) is 5.09. The topological polar surface area (TPSA) is 41.6 Å². The molecule has 1 aromatic rings. The van der Waals surface area contributed by atoms with Crippen molar-refractivity contribution in [3.8, 4) is 5.75 Å². The SMILES string of the molecule is CCC(C)c1ccccc1OCC(=O)N1[C@@H]2CC[C@H]1[C@H]1CNC[C@H]12. The Morgan fingerprint density at radius 3 is 2.58 bits per heavy atom. The normalized spacial score (nSPS) is 32.0. The van der Waals surface area contributed by atoms with Crippen molar-refractivity contribution in [1.82, 2.24) is 10.2 Å². The van der Waals surface area contributed by atoms with Crippen LogP contribution in [0.15, 0.2) is 24.3 Å². The summed E-state index contributed by atoms with van der Waals surface area (Å²) in [6, 6.07) is 9.02. The molecule has 1 amide bonds. The Balaban J connectivity index is 1.43. The van der Waals surface area contributed by atoms with E-state index in [1.807, 2.05) is 18.2 Å². The molecule has 1 aromatic carbocycles. The number of hydrogen-bond acceptors (Lipinski definition) is 3. The Labute approximate surface area is 144 Å². The summed E-state index contributed by atoms with van der Waals surface area (Å²) in [6.07, 6.45) is 3.41. The third-order valence-corrected chi connectivity index (χ3v) is 6.47. The molecule has 4 nitrogen and oxygen atoms in total. The summed E-state index contributed by atoms with van der Waals surface area (Å²) in [5.74, 6) is 2.83. The molecule has 3 saturated heterocycles. The Bertz CT molecular complexity index is 599. The van der Waals surface area contributed by atoms with Gasteiger partial charge in [-0.05, 0) is 48.6 Å². The van der Waals surface area contributed by atoms with Crippen LogP contribution in [-0.4, -0.2) is 42.6 Å². The molecule has 5 atom stereocenters. The summed E-state index contributed by atoms with van der Waals surface area (Å²) in [6.45, 7) is 6.72. The number of carbonyl (C=O) groups excluding carboxylic acids is 1. The Hall–Kier alpha value is -1.55. The molecule has 4 heteroatoms. The number of rotatable bonds is 5. The molecule has 0 aromatic heterocycles. The standard InChI is InChI=1S/C20H28N2O2/c1-3-13(2)14-6-4-5-7-19(14)24-12-20(23)22-17-8-9-18(22)16-11-21-10-15(16)17/h4-7,13,15-18,21H,3,8-12H2,1-2H3/t13?,15-,16+,17-,18+. The van der Waals surface area contributed by atoms with Gasteiger partial charge in [0.15, 0.2) is 6.61 Å². The zero-order valence-electron chi connectivity index (χ0n) is 14.7. The van der Waals surface area contributed by atoms with E-state index in [0.29, 0.717) is 29.8 Å². The molecule has 1 N–H and O–H groups in total. The van der Waals surface area contributed by atoms with E-state index in [0.717, 1.165) is 25.3 Å². The summed E-state index contributed by atoms with van der Waals surface area (Å²) in [4.78, 5) is 15.0. The number of hydrogen-bond donors (Lipinski definition) is 1. The van der Waals surface area contributed by atoms with Gasteiger partial charge < -0.3 is 15.0 Å². The number of fused-ring (bicyclic) bond motifs is 5. The minimum absolute atomic E-state index is 0.174. The number of amides is 1. The first-order valence-corrected chi connectivity index (χ1v) is 9.44. The molecular formula is C20H28N2O2. The number of benzene rings is 1. The van der Waals surface area contributed by atoms with Crippen molar-refractivity contribution in [2.45, 2.75) is 51.1 Å². The molecule has 3 aliphatic rings. The summed E-state index contributed by atoms with van der Waals surface area (Å²) < 4.78 is 5.97. The zero-order chi connectivity index (χ0) is 16.7. The van der Waals surface area contributed by atoms with Gasteiger partial charge in [0, 0.05) is 25.2 Å². The van der Waals surface area contributed by atoms with Crippen LogP contribution < -0.4 is 10.1 Å². The van der Waals surface area contributed by atoms with Gasteiger partial charge in [0.2, 0.25) is 0 Å². The highest BCUT2D eigenvalue weighted by Crippen LogP contribution is 2.47. The molecule has 3 aliphatic heterocycles. The van der Waals surface area contributed by atoms with Crippen LogP contribution >= 0.6 is 0 Å². The lowest BCUT2D eigenvalue weighted by molar-refractivity contribution is -0.135.